The molecule has 18 heavy (non-hydrogen) atoms. The topological polar surface area (TPSA) is 86.2 Å². The molecule has 8 heteroatoms. The molecular formula is C10H7F3N2O3. The Labute approximate surface area is 98.9 Å². The number of nitro groups is 1. The van der Waals surface area contributed by atoms with Crippen LogP contribution in [0.1, 0.15) is 10.4 Å². The summed E-state index contributed by atoms with van der Waals surface area (Å²) in [6, 6.07) is 4.15. The lowest BCUT2D eigenvalue weighted by Gasteiger charge is -2.05. The van der Waals surface area contributed by atoms with E-state index in [-0.39, 0.29) is 17.3 Å². The van der Waals surface area contributed by atoms with E-state index in [0.717, 1.165) is 24.3 Å². The fourth-order valence-electron chi connectivity index (χ4n) is 1.05. The number of hydrogen-bond donors (Lipinski definition) is 1. The van der Waals surface area contributed by atoms with Crippen molar-refractivity contribution in [3.05, 3.63) is 51.7 Å². The summed E-state index contributed by atoms with van der Waals surface area (Å²) in [6.45, 7) is 0. The van der Waals surface area contributed by atoms with Crippen molar-refractivity contribution >= 4 is 11.5 Å². The van der Waals surface area contributed by atoms with Crippen LogP contribution < -0.4 is 5.73 Å². The number of allylic oxidation sites excluding steroid dienone is 2. The number of non-ortho nitro benzene ring substituents is 1. The molecule has 0 radical (unpaired) electrons. The fraction of sp³-hybridized carbons (Fsp3) is 0.100. The van der Waals surface area contributed by atoms with E-state index >= 15 is 0 Å². The van der Waals surface area contributed by atoms with E-state index in [4.69, 9.17) is 0 Å². The van der Waals surface area contributed by atoms with E-state index in [1.807, 2.05) is 0 Å². The lowest BCUT2D eigenvalue weighted by Crippen LogP contribution is -2.20. The maximum Gasteiger partial charge on any atom is 0.430 e. The Morgan fingerprint density at radius 3 is 2.17 bits per heavy atom. The molecule has 1 aromatic rings. The van der Waals surface area contributed by atoms with Gasteiger partial charge in [-0.1, -0.05) is 0 Å². The second-order valence-electron chi connectivity index (χ2n) is 3.27. The Kier molecular flexibility index (Phi) is 3.70. The van der Waals surface area contributed by atoms with Gasteiger partial charge in [0.2, 0.25) is 0 Å². The third-order valence-corrected chi connectivity index (χ3v) is 1.98. The zero-order valence-electron chi connectivity index (χ0n) is 8.77. The van der Waals surface area contributed by atoms with Gasteiger partial charge in [-0.15, -0.1) is 0 Å². The molecule has 96 valence electrons. The van der Waals surface area contributed by atoms with Crippen LogP contribution in [0.4, 0.5) is 18.9 Å². The number of carbonyl (C=O) groups is 1. The molecule has 0 atom stereocenters. The fourth-order valence-corrected chi connectivity index (χ4v) is 1.05. The quantitative estimate of drug-likeness (QED) is 0.390. The number of ketones is 1. The van der Waals surface area contributed by atoms with Crippen LogP contribution in [0, 0.1) is 10.1 Å². The predicted molar refractivity (Wildman–Crippen MR) is 55.8 cm³/mol. The molecule has 0 spiro atoms. The first kappa shape index (κ1) is 13.7. The molecule has 0 fully saturated rings. The number of halogens is 3. The third-order valence-electron chi connectivity index (χ3n) is 1.98. The summed E-state index contributed by atoms with van der Waals surface area (Å²) in [5, 5.41) is 10.3. The molecule has 2 N–H and O–H groups in total. The van der Waals surface area contributed by atoms with Crippen molar-refractivity contribution in [1.29, 1.82) is 0 Å². The number of rotatable bonds is 3. The maximum atomic E-state index is 12.1. The summed E-state index contributed by atoms with van der Waals surface area (Å²) < 4.78 is 36.2. The molecule has 0 unspecified atom stereocenters. The van der Waals surface area contributed by atoms with Gasteiger partial charge in [0.15, 0.2) is 5.78 Å². The molecular weight excluding hydrogens is 253 g/mol. The highest BCUT2D eigenvalue weighted by atomic mass is 19.4. The van der Waals surface area contributed by atoms with E-state index in [0.29, 0.717) is 0 Å². The lowest BCUT2D eigenvalue weighted by atomic mass is 10.1. The van der Waals surface area contributed by atoms with E-state index in [9.17, 15) is 28.1 Å². The van der Waals surface area contributed by atoms with Gasteiger partial charge in [0.05, 0.1) is 4.92 Å². The van der Waals surface area contributed by atoms with Crippen LogP contribution in [-0.4, -0.2) is 16.9 Å². The maximum absolute atomic E-state index is 12.1. The molecule has 0 aromatic heterocycles. The van der Waals surface area contributed by atoms with E-state index < -0.39 is 22.6 Å². The highest BCUT2D eigenvalue weighted by molar-refractivity contribution is 6.05. The molecule has 0 heterocycles. The van der Waals surface area contributed by atoms with Crippen LogP contribution in [-0.2, 0) is 0 Å². The highest BCUT2D eigenvalue weighted by Gasteiger charge is 2.32. The van der Waals surface area contributed by atoms with Gasteiger partial charge in [-0.25, -0.2) is 0 Å². The Balaban J connectivity index is 2.96. The van der Waals surface area contributed by atoms with Gasteiger partial charge in [0.1, 0.15) is 5.70 Å². The SMILES string of the molecule is N/C(=C\C(=O)c1ccc([N+](=O)[O-])cc1)C(F)(F)F. The molecule has 0 amide bonds. The lowest BCUT2D eigenvalue weighted by molar-refractivity contribution is -0.384. The Bertz CT molecular complexity index is 506. The third kappa shape index (κ3) is 3.30. The van der Waals surface area contributed by atoms with Crippen molar-refractivity contribution in [3.63, 3.8) is 0 Å². The van der Waals surface area contributed by atoms with Crippen molar-refractivity contribution in [1.82, 2.24) is 0 Å². The van der Waals surface area contributed by atoms with Crippen LogP contribution in [0.25, 0.3) is 0 Å². The summed E-state index contributed by atoms with van der Waals surface area (Å²) in [5.41, 5.74) is 2.77. The van der Waals surface area contributed by atoms with Gasteiger partial charge in [0.25, 0.3) is 5.69 Å². The van der Waals surface area contributed by atoms with E-state index in [2.05, 4.69) is 5.73 Å². The molecule has 0 saturated heterocycles. The Morgan fingerprint density at radius 1 is 1.28 bits per heavy atom. The first-order valence-corrected chi connectivity index (χ1v) is 4.55. The molecule has 1 rings (SSSR count). The number of carbonyl (C=O) groups excluding carboxylic acids is 1. The largest absolute Gasteiger partial charge is 0.430 e. The second-order valence-corrected chi connectivity index (χ2v) is 3.27. The number of alkyl halides is 3. The van der Waals surface area contributed by atoms with Gasteiger partial charge in [-0.3, -0.25) is 14.9 Å². The number of nitrogens with zero attached hydrogens (tertiary/aromatic N) is 1. The van der Waals surface area contributed by atoms with Gasteiger partial charge < -0.3 is 5.73 Å². The highest BCUT2D eigenvalue weighted by Crippen LogP contribution is 2.22. The average Bonchev–Trinajstić information content (AvgIpc) is 2.27. The summed E-state index contributed by atoms with van der Waals surface area (Å²) in [7, 11) is 0. The summed E-state index contributed by atoms with van der Waals surface area (Å²) >= 11 is 0. The van der Waals surface area contributed by atoms with Crippen molar-refractivity contribution in [3.8, 4) is 0 Å². The molecule has 0 aliphatic carbocycles. The Morgan fingerprint density at radius 2 is 1.78 bits per heavy atom. The second kappa shape index (κ2) is 4.86. The standard InChI is InChI=1S/C10H7F3N2O3/c11-10(12,13)9(14)5-8(16)6-1-3-7(4-2-6)15(17)18/h1-5H,14H2/b9-5-. The van der Waals surface area contributed by atoms with Crippen LogP contribution in [0.3, 0.4) is 0 Å². The van der Waals surface area contributed by atoms with Gasteiger partial charge >= 0.3 is 6.18 Å². The van der Waals surface area contributed by atoms with Gasteiger partial charge in [-0.05, 0) is 12.1 Å². The zero-order valence-corrected chi connectivity index (χ0v) is 8.77. The minimum Gasteiger partial charge on any atom is -0.395 e. The monoisotopic (exact) mass is 260 g/mol. The molecule has 5 nitrogen and oxygen atoms in total. The van der Waals surface area contributed by atoms with Crippen LogP contribution in [0.2, 0.25) is 0 Å². The summed E-state index contributed by atoms with van der Waals surface area (Å²) in [5.74, 6) is -0.972. The minimum absolute atomic E-state index is 0.118. The number of nitro benzene ring substituents is 1. The Hall–Kier alpha value is -2.38. The summed E-state index contributed by atoms with van der Waals surface area (Å²) in [4.78, 5) is 21.0. The average molecular weight is 260 g/mol. The van der Waals surface area contributed by atoms with Crippen molar-refractivity contribution in [2.45, 2.75) is 6.18 Å². The van der Waals surface area contributed by atoms with Crippen LogP contribution in [0.5, 0.6) is 0 Å². The zero-order chi connectivity index (χ0) is 13.9. The predicted octanol–water partition coefficient (Wildman–Crippen LogP) is 2.18. The van der Waals surface area contributed by atoms with E-state index in [1.54, 1.807) is 0 Å². The van der Waals surface area contributed by atoms with Crippen LogP contribution in [0.15, 0.2) is 36.0 Å². The van der Waals surface area contributed by atoms with E-state index in [1.165, 1.54) is 0 Å². The van der Waals surface area contributed by atoms with Crippen molar-refractivity contribution < 1.29 is 22.9 Å². The molecule has 0 saturated carbocycles. The summed E-state index contributed by atoms with van der Waals surface area (Å²) in [6.07, 6.45) is -4.54. The van der Waals surface area contributed by atoms with Crippen LogP contribution >= 0.6 is 0 Å². The minimum atomic E-state index is -4.78. The molecule has 1 aromatic carbocycles. The van der Waals surface area contributed by atoms with Gasteiger partial charge in [-0.2, -0.15) is 13.2 Å². The smallest absolute Gasteiger partial charge is 0.395 e. The van der Waals surface area contributed by atoms with Gasteiger partial charge in [0, 0.05) is 23.8 Å². The molecule has 0 bridgehead atoms. The molecule has 0 aliphatic heterocycles. The first-order valence-electron chi connectivity index (χ1n) is 4.55. The number of benzene rings is 1. The molecule has 0 aliphatic rings. The first-order chi connectivity index (χ1) is 8.21. The number of hydrogen-bond acceptors (Lipinski definition) is 4. The van der Waals surface area contributed by atoms with Crippen molar-refractivity contribution in [2.24, 2.45) is 5.73 Å². The normalized spacial score (nSPS) is 12.3. The van der Waals surface area contributed by atoms with Crippen molar-refractivity contribution in [2.75, 3.05) is 0 Å². The number of nitrogens with two attached hydrogens (primary N) is 1.